The summed E-state index contributed by atoms with van der Waals surface area (Å²) >= 11 is 0. The lowest BCUT2D eigenvalue weighted by Crippen LogP contribution is -2.17. The number of aliphatic hydroxyl groups is 1. The van der Waals surface area contributed by atoms with Crippen LogP contribution in [0.4, 0.5) is 0 Å². The van der Waals surface area contributed by atoms with Gasteiger partial charge >= 0.3 is 0 Å². The van der Waals surface area contributed by atoms with E-state index < -0.39 is 0 Å². The molecule has 2 N–H and O–H groups in total. The predicted molar refractivity (Wildman–Crippen MR) is 62.9 cm³/mol. The summed E-state index contributed by atoms with van der Waals surface area (Å²) in [5.74, 6) is 0.876. The number of aliphatic hydroxyl groups excluding tert-OH is 1. The molecule has 1 unspecified atom stereocenters. The molecule has 0 spiro atoms. The van der Waals surface area contributed by atoms with Crippen molar-refractivity contribution in [3.8, 4) is 5.75 Å². The second-order valence-electron chi connectivity index (χ2n) is 4.36. The molecule has 1 aliphatic rings. The van der Waals surface area contributed by atoms with E-state index in [1.54, 1.807) is 7.11 Å². The van der Waals surface area contributed by atoms with Gasteiger partial charge in [0.2, 0.25) is 0 Å². The molecule has 0 amide bonds. The fourth-order valence-corrected chi connectivity index (χ4v) is 2.57. The lowest BCUT2D eigenvalue weighted by Gasteiger charge is -2.16. The van der Waals surface area contributed by atoms with Crippen LogP contribution in [-0.2, 0) is 12.8 Å². The van der Waals surface area contributed by atoms with Crippen LogP contribution < -0.4 is 4.74 Å². The first-order valence-corrected chi connectivity index (χ1v) is 5.64. The molecule has 0 aliphatic heterocycles. The van der Waals surface area contributed by atoms with Crippen molar-refractivity contribution < 1.29 is 9.84 Å². The number of para-hydroxylation sites is 1. The normalized spacial score (nSPS) is 19.8. The van der Waals surface area contributed by atoms with Gasteiger partial charge < -0.3 is 14.8 Å². The van der Waals surface area contributed by atoms with Crippen molar-refractivity contribution in [2.24, 2.45) is 0 Å². The molecule has 3 rings (SSSR count). The minimum absolute atomic E-state index is 0.197. The zero-order valence-corrected chi connectivity index (χ0v) is 9.29. The summed E-state index contributed by atoms with van der Waals surface area (Å²) in [5, 5.41) is 10.9. The van der Waals surface area contributed by atoms with Crippen LogP contribution in [-0.4, -0.2) is 23.3 Å². The molecule has 1 atom stereocenters. The molecule has 84 valence electrons. The van der Waals surface area contributed by atoms with E-state index in [-0.39, 0.29) is 6.10 Å². The van der Waals surface area contributed by atoms with Gasteiger partial charge in [-0.15, -0.1) is 0 Å². The van der Waals surface area contributed by atoms with Gasteiger partial charge in [-0.05, 0) is 24.5 Å². The summed E-state index contributed by atoms with van der Waals surface area (Å²) in [6.45, 7) is 0. The molecule has 0 bridgehead atoms. The van der Waals surface area contributed by atoms with Gasteiger partial charge in [0, 0.05) is 17.5 Å². The molecule has 0 saturated carbocycles. The summed E-state index contributed by atoms with van der Waals surface area (Å²) in [5.41, 5.74) is 3.57. The first-order valence-electron chi connectivity index (χ1n) is 5.64. The summed E-state index contributed by atoms with van der Waals surface area (Å²) < 4.78 is 5.34. The quantitative estimate of drug-likeness (QED) is 0.767. The number of ether oxygens (including phenoxy) is 1. The van der Waals surface area contributed by atoms with Gasteiger partial charge in [0.15, 0.2) is 0 Å². The summed E-state index contributed by atoms with van der Waals surface area (Å²) in [6.07, 6.45) is 2.33. The Bertz CT molecular complexity index is 530. The third kappa shape index (κ3) is 1.32. The minimum Gasteiger partial charge on any atom is -0.495 e. The van der Waals surface area contributed by atoms with Gasteiger partial charge in [0.05, 0.1) is 18.7 Å². The van der Waals surface area contributed by atoms with E-state index in [4.69, 9.17) is 4.74 Å². The molecule has 16 heavy (non-hydrogen) atoms. The number of H-pyrrole nitrogens is 1. The van der Waals surface area contributed by atoms with Crippen LogP contribution in [0.15, 0.2) is 18.2 Å². The zero-order chi connectivity index (χ0) is 11.1. The van der Waals surface area contributed by atoms with Crippen molar-refractivity contribution in [3.05, 3.63) is 29.5 Å². The van der Waals surface area contributed by atoms with Crippen molar-refractivity contribution in [2.75, 3.05) is 7.11 Å². The summed E-state index contributed by atoms with van der Waals surface area (Å²) in [4.78, 5) is 3.42. The largest absolute Gasteiger partial charge is 0.495 e. The monoisotopic (exact) mass is 217 g/mol. The van der Waals surface area contributed by atoms with Gasteiger partial charge in [-0.25, -0.2) is 0 Å². The standard InChI is InChI=1S/C13H15NO2/c1-16-12-4-2-3-9-10-7-8(15)5-6-11(10)14-13(9)12/h2-4,8,14-15H,5-7H2,1H3. The smallest absolute Gasteiger partial charge is 0.142 e. The van der Waals surface area contributed by atoms with E-state index in [1.807, 2.05) is 12.1 Å². The molecule has 1 aliphatic carbocycles. The first kappa shape index (κ1) is 9.73. The topological polar surface area (TPSA) is 45.2 Å². The van der Waals surface area contributed by atoms with Crippen LogP contribution in [0.5, 0.6) is 5.75 Å². The Morgan fingerprint density at radius 2 is 2.31 bits per heavy atom. The molecular formula is C13H15NO2. The number of nitrogens with one attached hydrogen (secondary N) is 1. The predicted octanol–water partition coefficient (Wildman–Crippen LogP) is 2.03. The van der Waals surface area contributed by atoms with Crippen LogP contribution in [0.3, 0.4) is 0 Å². The summed E-state index contributed by atoms with van der Waals surface area (Å²) in [7, 11) is 1.68. The van der Waals surface area contributed by atoms with Gasteiger partial charge in [0.25, 0.3) is 0 Å². The maximum atomic E-state index is 9.72. The van der Waals surface area contributed by atoms with Crippen molar-refractivity contribution in [2.45, 2.75) is 25.4 Å². The highest BCUT2D eigenvalue weighted by molar-refractivity contribution is 5.89. The molecule has 1 aromatic carbocycles. The zero-order valence-electron chi connectivity index (χ0n) is 9.29. The molecule has 0 fully saturated rings. The van der Waals surface area contributed by atoms with E-state index >= 15 is 0 Å². The van der Waals surface area contributed by atoms with Gasteiger partial charge in [-0.3, -0.25) is 0 Å². The number of aryl methyl sites for hydroxylation is 1. The van der Waals surface area contributed by atoms with Crippen molar-refractivity contribution in [1.29, 1.82) is 0 Å². The van der Waals surface area contributed by atoms with E-state index in [1.165, 1.54) is 16.6 Å². The van der Waals surface area contributed by atoms with Crippen molar-refractivity contribution in [3.63, 3.8) is 0 Å². The maximum Gasteiger partial charge on any atom is 0.142 e. The van der Waals surface area contributed by atoms with Gasteiger partial charge in [-0.1, -0.05) is 12.1 Å². The summed E-state index contributed by atoms with van der Waals surface area (Å²) in [6, 6.07) is 6.04. The Morgan fingerprint density at radius 1 is 1.44 bits per heavy atom. The second-order valence-corrected chi connectivity index (χ2v) is 4.36. The lowest BCUT2D eigenvalue weighted by molar-refractivity contribution is 0.158. The highest BCUT2D eigenvalue weighted by Gasteiger charge is 2.21. The van der Waals surface area contributed by atoms with E-state index in [2.05, 4.69) is 11.1 Å². The number of fused-ring (bicyclic) bond motifs is 3. The fourth-order valence-electron chi connectivity index (χ4n) is 2.57. The highest BCUT2D eigenvalue weighted by atomic mass is 16.5. The van der Waals surface area contributed by atoms with Crippen LogP contribution >= 0.6 is 0 Å². The van der Waals surface area contributed by atoms with Crippen LogP contribution in [0.1, 0.15) is 17.7 Å². The number of hydrogen-bond acceptors (Lipinski definition) is 2. The number of aromatic amines is 1. The van der Waals surface area contributed by atoms with Crippen LogP contribution in [0, 0.1) is 0 Å². The van der Waals surface area contributed by atoms with Gasteiger partial charge in [0.1, 0.15) is 5.75 Å². The van der Waals surface area contributed by atoms with Crippen molar-refractivity contribution in [1.82, 2.24) is 4.98 Å². The molecule has 0 radical (unpaired) electrons. The molecule has 1 aromatic heterocycles. The SMILES string of the molecule is COc1cccc2c3c([nH]c12)CCC(O)C3. The second kappa shape index (κ2) is 3.52. The molecule has 2 aromatic rings. The Morgan fingerprint density at radius 3 is 3.12 bits per heavy atom. The third-order valence-electron chi connectivity index (χ3n) is 3.38. The van der Waals surface area contributed by atoms with Gasteiger partial charge in [-0.2, -0.15) is 0 Å². The Labute approximate surface area is 94.0 Å². The average Bonchev–Trinajstić information content (AvgIpc) is 2.67. The number of rotatable bonds is 1. The average molecular weight is 217 g/mol. The Hall–Kier alpha value is -1.48. The fraction of sp³-hybridized carbons (Fsp3) is 0.385. The minimum atomic E-state index is -0.197. The third-order valence-corrected chi connectivity index (χ3v) is 3.38. The molecule has 3 heteroatoms. The van der Waals surface area contributed by atoms with E-state index in [0.29, 0.717) is 0 Å². The lowest BCUT2D eigenvalue weighted by atomic mass is 9.93. The Balaban J connectivity index is 2.25. The Kier molecular flexibility index (Phi) is 2.14. The van der Waals surface area contributed by atoms with Crippen LogP contribution in [0.2, 0.25) is 0 Å². The molecule has 1 heterocycles. The van der Waals surface area contributed by atoms with Crippen LogP contribution in [0.25, 0.3) is 10.9 Å². The number of hydrogen-bond donors (Lipinski definition) is 2. The first-order chi connectivity index (χ1) is 7.79. The number of methoxy groups -OCH3 is 1. The van der Waals surface area contributed by atoms with E-state index in [0.717, 1.165) is 30.5 Å². The number of aromatic nitrogens is 1. The van der Waals surface area contributed by atoms with Crippen molar-refractivity contribution >= 4 is 10.9 Å². The molecular weight excluding hydrogens is 202 g/mol. The van der Waals surface area contributed by atoms with E-state index in [9.17, 15) is 5.11 Å². The maximum absolute atomic E-state index is 9.72. The molecule has 0 saturated heterocycles. The molecule has 3 nitrogen and oxygen atoms in total. The highest BCUT2D eigenvalue weighted by Crippen LogP contribution is 2.33. The number of benzene rings is 1.